The van der Waals surface area contributed by atoms with Crippen molar-refractivity contribution in [3.8, 4) is 0 Å². The maximum atomic E-state index is 12.4. The average molecular weight is 1630 g/mol. The summed E-state index contributed by atoms with van der Waals surface area (Å²) in [6.07, 6.45) is 26.0. The van der Waals surface area contributed by atoms with E-state index >= 15 is 0 Å². The Bertz CT molecular complexity index is 3510. The Labute approximate surface area is 678 Å². The van der Waals surface area contributed by atoms with Crippen LogP contribution in [0.15, 0.2) is 95.2 Å². The molecule has 0 aromatic carbocycles. The summed E-state index contributed by atoms with van der Waals surface area (Å²) in [5.74, 6) is -2.79. The number of hydrogen-bond donors (Lipinski definition) is 8. The number of carbonyl (C=O) groups is 6. The summed E-state index contributed by atoms with van der Waals surface area (Å²) in [5, 5.41) is 26.0. The van der Waals surface area contributed by atoms with Crippen LogP contribution in [-0.4, -0.2) is 258 Å². The number of methoxy groups -OCH3 is 4. The van der Waals surface area contributed by atoms with Crippen molar-refractivity contribution in [2.24, 2.45) is 40.9 Å². The van der Waals surface area contributed by atoms with Gasteiger partial charge in [0.1, 0.15) is 81.7 Å². The zero-order chi connectivity index (χ0) is 83.8. The number of alkyl carbamates (subject to hydrolysis) is 2. The average Bonchev–Trinajstić information content (AvgIpc) is 1.55. The lowest BCUT2D eigenvalue weighted by atomic mass is 9.68. The summed E-state index contributed by atoms with van der Waals surface area (Å²) in [6.45, 7) is 30.0. The molecule has 0 aromatic heterocycles. The van der Waals surface area contributed by atoms with Gasteiger partial charge in [-0.25, -0.2) is 19.2 Å². The van der Waals surface area contributed by atoms with Crippen molar-refractivity contribution < 1.29 is 110 Å². The number of halogens is 1. The molecule has 4 amide bonds. The minimum atomic E-state index is -1.00. The molecule has 8 heterocycles. The van der Waals surface area contributed by atoms with Crippen molar-refractivity contribution in [1.82, 2.24) is 16.0 Å². The van der Waals surface area contributed by atoms with Gasteiger partial charge in [0.15, 0.2) is 0 Å². The Morgan fingerprint density at radius 1 is 0.447 bits per heavy atom. The van der Waals surface area contributed by atoms with Gasteiger partial charge < -0.3 is 104 Å². The van der Waals surface area contributed by atoms with E-state index in [1.807, 2.05) is 0 Å². The molecule has 24 atom stereocenters. The number of allylic oxidation sites excluding steroid dienone is 10. The molecule has 30 heteroatoms. The fourth-order valence-corrected chi connectivity index (χ4v) is 17.9. The van der Waals surface area contributed by atoms with Gasteiger partial charge in [-0.05, 0) is 160 Å². The zero-order valence-electron chi connectivity index (χ0n) is 69.8. The number of carbonyl (C=O) groups excluding carboxylic acids is 5. The molecule has 4 aliphatic carbocycles. The molecule has 0 unspecified atom stereocenters. The Kier molecular flexibility index (Phi) is 33.6. The van der Waals surface area contributed by atoms with E-state index in [0.717, 1.165) is 70.5 Å². The smallest absolute Gasteiger partial charge is 0.414 e. The lowest BCUT2D eigenvalue weighted by Gasteiger charge is -2.42. The number of ether oxygens (including phenoxy) is 15. The summed E-state index contributed by atoms with van der Waals surface area (Å²) < 4.78 is 87.9. The van der Waals surface area contributed by atoms with Crippen molar-refractivity contribution in [3.05, 3.63) is 95.2 Å². The fourth-order valence-electron chi connectivity index (χ4n) is 17.8. The highest BCUT2D eigenvalue weighted by atomic mass is 35.5. The number of nitrogens with two attached hydrogens (primary N) is 3. The van der Waals surface area contributed by atoms with Crippen molar-refractivity contribution in [1.29, 1.82) is 0 Å². The number of nitrogens with one attached hydrogen (secondary N) is 3. The summed E-state index contributed by atoms with van der Waals surface area (Å²) in [4.78, 5) is 70.2. The van der Waals surface area contributed by atoms with E-state index in [9.17, 15) is 33.9 Å². The normalized spacial score (nSPS) is 38.4. The largest absolute Gasteiger partial charge is 0.478 e. The van der Waals surface area contributed by atoms with Crippen LogP contribution in [0, 0.1) is 23.7 Å². The second kappa shape index (κ2) is 40.9. The minimum absolute atomic E-state index is 0.00219. The summed E-state index contributed by atoms with van der Waals surface area (Å²) in [6, 6.07) is 0. The molecule has 114 heavy (non-hydrogen) atoms. The SMILES string of the molecule is CO[C@@H]1[C@H](O)CC[C@]2(CO2)[C@H]1[C@]1(C)O[C@@H]1CC=C(C)C.CO[C@@H]1[C@H](OC(=O)/C=C/C=C/C=C/C=C/C(=O)O)CC[C@]2(CO2)[C@H]1[C@]1(C)O[C@@H]1CC=C(C)C.CO[C@@H]1[C@H](OC(=O)NC(=O)CCl)CC[C@]2(CO2)[C@H]1[C@]1(C)O[C@@H]1CC=C(C)C.CO[C@@H]1[C@H](OC(=O)NC(=O)CNCCN)CC[C@]2(CO2)[C@H]1[C@]1(C)O[C@@H]1CC=C(C)C.NCCN. The zero-order valence-corrected chi connectivity index (χ0v) is 70.6. The second-order valence-corrected chi connectivity index (χ2v) is 33.8. The maximum absolute atomic E-state index is 12.4. The molecule has 12 rings (SSSR count). The molecular formula is C84H131ClN6O23. The van der Waals surface area contributed by atoms with Crippen LogP contribution < -0.4 is 33.2 Å². The van der Waals surface area contributed by atoms with E-state index in [4.69, 9.17) is 105 Å². The van der Waals surface area contributed by atoms with Gasteiger partial charge in [-0.2, -0.15) is 0 Å². The first-order valence-corrected chi connectivity index (χ1v) is 40.7. The van der Waals surface area contributed by atoms with E-state index in [0.29, 0.717) is 65.3 Å². The van der Waals surface area contributed by atoms with Gasteiger partial charge in [0, 0.05) is 66.8 Å². The molecule has 642 valence electrons. The lowest BCUT2D eigenvalue weighted by Crippen LogP contribution is -2.56. The maximum Gasteiger partial charge on any atom is 0.414 e. The molecule has 4 spiro atoms. The first-order valence-electron chi connectivity index (χ1n) is 40.2. The van der Waals surface area contributed by atoms with Gasteiger partial charge in [0.25, 0.3) is 0 Å². The second-order valence-electron chi connectivity index (χ2n) is 33.5. The summed E-state index contributed by atoms with van der Waals surface area (Å²) in [5.41, 5.74) is 17.9. The molecule has 8 saturated heterocycles. The molecule has 0 radical (unpaired) electrons. The Hall–Kier alpha value is -5.65. The van der Waals surface area contributed by atoms with Crippen molar-refractivity contribution in [3.63, 3.8) is 0 Å². The van der Waals surface area contributed by atoms with Crippen LogP contribution in [0.5, 0.6) is 0 Å². The van der Waals surface area contributed by atoms with Gasteiger partial charge in [0.05, 0.1) is 98.9 Å². The van der Waals surface area contributed by atoms with Crippen LogP contribution in [0.1, 0.15) is 160 Å². The predicted molar refractivity (Wildman–Crippen MR) is 426 cm³/mol. The molecule has 11 N–H and O–H groups in total. The van der Waals surface area contributed by atoms with Crippen LogP contribution in [-0.2, 0) is 90.2 Å². The Balaban J connectivity index is 0.000000189. The van der Waals surface area contributed by atoms with Crippen LogP contribution in [0.4, 0.5) is 9.59 Å². The van der Waals surface area contributed by atoms with Crippen LogP contribution >= 0.6 is 11.6 Å². The van der Waals surface area contributed by atoms with E-state index < -0.39 is 65.5 Å². The number of aliphatic carboxylic acids is 1. The third-order valence-electron chi connectivity index (χ3n) is 24.2. The Morgan fingerprint density at radius 3 is 1.05 bits per heavy atom. The summed E-state index contributed by atoms with van der Waals surface area (Å²) in [7, 11) is 6.56. The first kappa shape index (κ1) is 93.8. The highest BCUT2D eigenvalue weighted by Crippen LogP contribution is 2.64. The number of imide groups is 2. The molecule has 0 bridgehead atoms. The molecule has 29 nitrogen and oxygen atoms in total. The molecule has 4 saturated carbocycles. The van der Waals surface area contributed by atoms with E-state index in [2.05, 4.69) is 123 Å². The number of hydrogen-bond acceptors (Lipinski definition) is 26. The summed E-state index contributed by atoms with van der Waals surface area (Å²) >= 11 is 5.42. The third-order valence-corrected chi connectivity index (χ3v) is 24.4. The number of carboxylic acids is 1. The highest BCUT2D eigenvalue weighted by molar-refractivity contribution is 6.28. The van der Waals surface area contributed by atoms with Crippen LogP contribution in [0.25, 0.3) is 0 Å². The molecule has 0 aromatic rings. The number of aliphatic hydroxyl groups is 1. The van der Waals surface area contributed by atoms with Crippen LogP contribution in [0.2, 0.25) is 0 Å². The van der Waals surface area contributed by atoms with Gasteiger partial charge in [-0.1, -0.05) is 83.1 Å². The predicted octanol–water partition coefficient (Wildman–Crippen LogP) is 8.29. The van der Waals surface area contributed by atoms with Gasteiger partial charge in [0.2, 0.25) is 11.8 Å². The topological polar surface area (TPSA) is 422 Å². The van der Waals surface area contributed by atoms with Crippen molar-refractivity contribution >= 4 is 47.5 Å². The quantitative estimate of drug-likeness (QED) is 0.00490. The van der Waals surface area contributed by atoms with Crippen LogP contribution in [0.3, 0.4) is 0 Å². The highest BCUT2D eigenvalue weighted by Gasteiger charge is 2.76. The number of rotatable bonds is 30. The Morgan fingerprint density at radius 2 is 0.754 bits per heavy atom. The van der Waals surface area contributed by atoms with E-state index in [-0.39, 0.29) is 125 Å². The fraction of sp³-hybridized carbons (Fsp3) is 0.738. The number of epoxide rings is 8. The minimum Gasteiger partial charge on any atom is -0.478 e. The van der Waals surface area contributed by atoms with E-state index in [1.165, 1.54) is 34.4 Å². The molecule has 12 fully saturated rings. The number of carboxylic acid groups (broad SMARTS) is 1. The standard InChI is InChI=1S/C26H34O7.C21H35N3O6.C19H28ClNO6.C16H26O4.C2H8N2/c1-18(2)13-14-20-25(3,33-20)24-23(30-4)19(15-16-26(24)17-31-26)32-22(29)12-10-8-6-5-7-9-11-21(27)28;1-13(2)5-6-15-20(3,30-15)18-17(27-4)14(7-8-21(18)12-28-21)29-19(26)24-16(25)11-23-10-9-22;1-11(2)5-6-13-18(3,27-13)16-15(24-4)12(7-8-19(16)10-25-19)26-17(23)21-14(22)9-20;1-10(2)5-6-12-15(3,20-12)14-13(18-4)11(17)7-8-16(14)9-19-16;3-1-2-4/h5-13,19-20,23-24H,14-17H2,1-4H3,(H,27,28);5,14-15,17-18,23H,6-12,22H2,1-4H3,(H,24,25,26);5,12-13,15-16H,6-10H2,1-4H3,(H,21,22,23);5,11-14,17H,6-9H2,1-4H3;1-4H2/b7-5+,8-6+,11-9+,12-10+;;;;/t19-,20-,23-,24-,25-,26+;14-,15-,17-,18-,20-,21+;12-,13-,15-,16-,18-,19+;11-,12-,13-,14-,15-,16+;/m1111./s1. The number of amides is 4. The van der Waals surface area contributed by atoms with Crippen molar-refractivity contribution in [2.45, 2.75) is 278 Å². The number of esters is 1. The molecular weight excluding hydrogens is 1500 g/mol. The van der Waals surface area contributed by atoms with Gasteiger partial charge >= 0.3 is 24.1 Å². The molecule has 8 aliphatic heterocycles. The first-order chi connectivity index (χ1) is 54.1. The number of alkyl halides is 1. The third kappa shape index (κ3) is 24.1. The van der Waals surface area contributed by atoms with Gasteiger partial charge in [-0.3, -0.25) is 20.2 Å². The van der Waals surface area contributed by atoms with Crippen molar-refractivity contribution in [2.75, 3.05) is 93.5 Å². The van der Waals surface area contributed by atoms with E-state index in [1.54, 1.807) is 58.8 Å². The monoisotopic (exact) mass is 1630 g/mol. The van der Waals surface area contributed by atoms with Gasteiger partial charge in [-0.15, -0.1) is 11.6 Å². The number of aliphatic hydroxyl groups excluding tert-OH is 1. The molecule has 12 aliphatic rings. The lowest BCUT2D eigenvalue weighted by molar-refractivity contribution is -0.166.